The van der Waals surface area contributed by atoms with E-state index in [0.717, 1.165) is 89.9 Å². The van der Waals surface area contributed by atoms with Crippen molar-refractivity contribution in [1.29, 1.82) is 0 Å². The number of rotatable bonds is 34. The monoisotopic (exact) mass is 831 g/mol. The molecule has 5 nitrogen and oxygen atoms in total. The topological polar surface area (TPSA) is 61.8 Å². The summed E-state index contributed by atoms with van der Waals surface area (Å²) in [6.07, 6.45) is 33.2. The van der Waals surface area contributed by atoms with Gasteiger partial charge in [0.2, 0.25) is 0 Å². The Balaban J connectivity index is 1.94. The predicted octanol–water partition coefficient (Wildman–Crippen LogP) is 14.0. The summed E-state index contributed by atoms with van der Waals surface area (Å²) < 4.78 is 18.8. The average Bonchev–Trinajstić information content (AvgIpc) is 3.23. The third kappa shape index (κ3) is 21.4. The Labute approximate surface area is 363 Å². The highest BCUT2D eigenvalue weighted by molar-refractivity contribution is 6.99. The van der Waals surface area contributed by atoms with Crippen LogP contribution in [0.1, 0.15) is 190 Å². The maximum absolute atomic E-state index is 12.6. The minimum absolute atomic E-state index is 0.0696. The second-order valence-electron chi connectivity index (χ2n) is 18.1. The third-order valence-electron chi connectivity index (χ3n) is 11.8. The van der Waals surface area contributed by atoms with Gasteiger partial charge in [0.05, 0.1) is 11.8 Å². The first-order valence-electron chi connectivity index (χ1n) is 24.0. The van der Waals surface area contributed by atoms with E-state index in [1.807, 2.05) is 26.0 Å². The lowest BCUT2D eigenvalue weighted by Gasteiger charge is -2.45. The number of carbonyl (C=O) groups is 2. The molecule has 0 spiro atoms. The van der Waals surface area contributed by atoms with E-state index in [1.165, 1.54) is 61.7 Å². The van der Waals surface area contributed by atoms with Crippen LogP contribution in [0.4, 0.5) is 0 Å². The van der Waals surface area contributed by atoms with Crippen LogP contribution in [0.15, 0.2) is 85.0 Å². The van der Waals surface area contributed by atoms with Crippen molar-refractivity contribution in [2.24, 2.45) is 11.8 Å². The van der Waals surface area contributed by atoms with Gasteiger partial charge in [-0.15, -0.1) is 0 Å². The first kappa shape index (κ1) is 52.2. The molecule has 6 heteroatoms. The van der Waals surface area contributed by atoms with Gasteiger partial charge in [-0.2, -0.15) is 0 Å². The number of benzene rings is 2. The van der Waals surface area contributed by atoms with E-state index in [2.05, 4.69) is 107 Å². The Kier molecular flexibility index (Phi) is 28.2. The van der Waals surface area contributed by atoms with Crippen LogP contribution in [0.3, 0.4) is 0 Å². The van der Waals surface area contributed by atoms with Gasteiger partial charge in [-0.1, -0.05) is 223 Å². The lowest BCUT2D eigenvalue weighted by atomic mass is 9.99. The molecule has 0 aliphatic rings. The zero-order valence-electron chi connectivity index (χ0n) is 38.8. The first-order chi connectivity index (χ1) is 28.6. The fraction of sp³-hybridized carbons (Fsp3) is 0.660. The molecule has 0 amide bonds. The fourth-order valence-corrected chi connectivity index (χ4v) is 12.8. The maximum atomic E-state index is 12.6. The molecule has 0 aliphatic heterocycles. The van der Waals surface area contributed by atoms with Crippen LogP contribution in [-0.4, -0.2) is 39.6 Å². The van der Waals surface area contributed by atoms with E-state index in [1.54, 1.807) is 0 Å². The SMILES string of the molecule is CCCCCCC=CCOC(=O)C(C)CCCCCCC(CCCCCCC(C)C(=O)OCC=CCCCCCC)O[Si](c1ccccc1)(c1ccccc1)C(C)(C)C. The van der Waals surface area contributed by atoms with Gasteiger partial charge in [0.25, 0.3) is 8.32 Å². The summed E-state index contributed by atoms with van der Waals surface area (Å²) >= 11 is 0. The third-order valence-corrected chi connectivity index (χ3v) is 16.9. The Morgan fingerprint density at radius 2 is 0.898 bits per heavy atom. The number of unbranched alkanes of at least 4 members (excludes halogenated alkanes) is 14. The highest BCUT2D eigenvalue weighted by atomic mass is 28.4. The summed E-state index contributed by atoms with van der Waals surface area (Å²) in [7, 11) is -2.68. The Morgan fingerprint density at radius 3 is 1.27 bits per heavy atom. The van der Waals surface area contributed by atoms with Crippen LogP contribution in [-0.2, 0) is 23.5 Å². The molecule has 2 atom stereocenters. The van der Waals surface area contributed by atoms with Gasteiger partial charge in [0, 0.05) is 6.10 Å². The van der Waals surface area contributed by atoms with Gasteiger partial charge < -0.3 is 13.9 Å². The van der Waals surface area contributed by atoms with E-state index in [4.69, 9.17) is 13.9 Å². The molecule has 0 fully saturated rings. The highest BCUT2D eigenvalue weighted by Gasteiger charge is 2.51. The number of hydrogen-bond acceptors (Lipinski definition) is 5. The zero-order valence-corrected chi connectivity index (χ0v) is 39.8. The van der Waals surface area contributed by atoms with Gasteiger partial charge >= 0.3 is 11.9 Å². The molecule has 2 rings (SSSR count). The van der Waals surface area contributed by atoms with Crippen LogP contribution in [0.5, 0.6) is 0 Å². The molecule has 2 aromatic rings. The maximum Gasteiger partial charge on any atom is 0.308 e. The van der Waals surface area contributed by atoms with Crippen LogP contribution in [0, 0.1) is 11.8 Å². The van der Waals surface area contributed by atoms with E-state index in [0.29, 0.717) is 13.2 Å². The van der Waals surface area contributed by atoms with Crippen LogP contribution in [0.25, 0.3) is 0 Å². The lowest BCUT2D eigenvalue weighted by Crippen LogP contribution is -2.67. The molecular weight excluding hydrogens is 745 g/mol. The molecule has 0 bridgehead atoms. The molecule has 0 heterocycles. The first-order valence-corrected chi connectivity index (χ1v) is 25.9. The largest absolute Gasteiger partial charge is 0.461 e. The molecule has 59 heavy (non-hydrogen) atoms. The molecule has 0 aromatic heterocycles. The molecule has 0 N–H and O–H groups in total. The fourth-order valence-electron chi connectivity index (χ4n) is 8.09. The van der Waals surface area contributed by atoms with Crippen molar-refractivity contribution in [2.75, 3.05) is 13.2 Å². The molecule has 332 valence electrons. The van der Waals surface area contributed by atoms with Gasteiger partial charge in [-0.25, -0.2) is 0 Å². The summed E-state index contributed by atoms with van der Waals surface area (Å²) in [4.78, 5) is 25.2. The summed E-state index contributed by atoms with van der Waals surface area (Å²) in [5.74, 6) is -0.296. The van der Waals surface area contributed by atoms with Crippen molar-refractivity contribution in [3.05, 3.63) is 85.0 Å². The molecule has 2 unspecified atom stereocenters. The average molecular weight is 831 g/mol. The summed E-state index contributed by atoms with van der Waals surface area (Å²) in [5, 5.41) is 2.59. The molecule has 0 radical (unpaired) electrons. The van der Waals surface area contributed by atoms with Crippen molar-refractivity contribution in [1.82, 2.24) is 0 Å². The van der Waals surface area contributed by atoms with Crippen molar-refractivity contribution >= 4 is 30.6 Å². The Morgan fingerprint density at radius 1 is 0.525 bits per heavy atom. The van der Waals surface area contributed by atoms with Crippen molar-refractivity contribution in [2.45, 2.75) is 201 Å². The van der Waals surface area contributed by atoms with E-state index in [9.17, 15) is 9.59 Å². The highest BCUT2D eigenvalue weighted by Crippen LogP contribution is 2.38. The van der Waals surface area contributed by atoms with Gasteiger partial charge in [0.1, 0.15) is 13.2 Å². The predicted molar refractivity (Wildman–Crippen MR) is 254 cm³/mol. The number of hydrogen-bond donors (Lipinski definition) is 0. The summed E-state index contributed by atoms with van der Waals surface area (Å²) in [6, 6.07) is 22.0. The molecule has 0 saturated carbocycles. The lowest BCUT2D eigenvalue weighted by molar-refractivity contribution is -0.147. The standard InChI is InChI=1S/C53H86O5Si/c1-8-10-12-14-16-22-34-44-56-51(54)46(3)36-26-18-20-28-38-48(39-29-21-19-27-37-47(4)52(55)57-45-35-23-17-15-13-11-9-2)58-59(53(5,6)7,49-40-30-24-31-41-49)50-42-32-25-33-43-50/h22-25,30-35,40-43,46-48H,8-21,26-29,36-39,44-45H2,1-7H3. The smallest absolute Gasteiger partial charge is 0.308 e. The van der Waals surface area contributed by atoms with Gasteiger partial charge in [-0.3, -0.25) is 9.59 Å². The van der Waals surface area contributed by atoms with Crippen molar-refractivity contribution < 1.29 is 23.5 Å². The molecule has 0 saturated heterocycles. The van der Waals surface area contributed by atoms with Crippen molar-refractivity contribution in [3.8, 4) is 0 Å². The normalized spacial score (nSPS) is 13.8. The van der Waals surface area contributed by atoms with Crippen LogP contribution < -0.4 is 10.4 Å². The molecular formula is C53H86O5Si. The zero-order chi connectivity index (χ0) is 43.0. The minimum Gasteiger partial charge on any atom is -0.461 e. The number of ether oxygens (including phenoxy) is 2. The Bertz CT molecular complexity index is 1300. The molecule has 0 aliphatic carbocycles. The van der Waals surface area contributed by atoms with Gasteiger partial charge in [-0.05, 0) is 66.8 Å². The quantitative estimate of drug-likeness (QED) is 0.0304. The van der Waals surface area contributed by atoms with Crippen LogP contribution >= 0.6 is 0 Å². The van der Waals surface area contributed by atoms with E-state index in [-0.39, 0.29) is 34.9 Å². The number of esters is 2. The minimum atomic E-state index is -2.68. The Hall–Kier alpha value is -2.96. The second-order valence-corrected chi connectivity index (χ2v) is 22.3. The number of allylic oxidation sites excluding steroid dienone is 2. The van der Waals surface area contributed by atoms with E-state index >= 15 is 0 Å². The van der Waals surface area contributed by atoms with Gasteiger partial charge in [0.15, 0.2) is 0 Å². The summed E-state index contributed by atoms with van der Waals surface area (Å²) in [5.41, 5.74) is 0. The van der Waals surface area contributed by atoms with E-state index < -0.39 is 8.32 Å². The number of carbonyl (C=O) groups excluding carboxylic acids is 2. The van der Waals surface area contributed by atoms with Crippen molar-refractivity contribution in [3.63, 3.8) is 0 Å². The second kappa shape index (κ2) is 31.8. The summed E-state index contributed by atoms with van der Waals surface area (Å²) in [6.45, 7) is 16.3. The molecule has 2 aromatic carbocycles. The van der Waals surface area contributed by atoms with Crippen LogP contribution in [0.2, 0.25) is 5.04 Å².